The third-order valence-corrected chi connectivity index (χ3v) is 3.43. The summed E-state index contributed by atoms with van der Waals surface area (Å²) in [7, 11) is 0. The second-order valence-electron chi connectivity index (χ2n) is 3.78. The van der Waals surface area contributed by atoms with Crippen LogP contribution < -0.4 is 5.32 Å². The minimum atomic E-state index is -0.836. The Morgan fingerprint density at radius 2 is 2.25 bits per heavy atom. The predicted octanol–water partition coefficient (Wildman–Crippen LogP) is 2.62. The van der Waals surface area contributed by atoms with Gasteiger partial charge in [0.05, 0.1) is 12.1 Å². The molecule has 0 aliphatic heterocycles. The Labute approximate surface area is 99.7 Å². The summed E-state index contributed by atoms with van der Waals surface area (Å²) >= 11 is 1.47. The van der Waals surface area contributed by atoms with E-state index in [1.165, 1.54) is 11.3 Å². The largest absolute Gasteiger partial charge is 0.481 e. The zero-order valence-electron chi connectivity index (χ0n) is 9.69. The van der Waals surface area contributed by atoms with Gasteiger partial charge in [-0.05, 0) is 5.92 Å². The first-order chi connectivity index (χ1) is 7.65. The van der Waals surface area contributed by atoms with E-state index in [1.807, 2.05) is 0 Å². The first-order valence-corrected chi connectivity index (χ1v) is 6.43. The summed E-state index contributed by atoms with van der Waals surface area (Å²) in [4.78, 5) is 14.7. The lowest BCUT2D eigenvalue weighted by Crippen LogP contribution is -2.12. The number of anilines is 1. The van der Waals surface area contributed by atoms with Crippen LogP contribution in [0, 0.1) is 5.92 Å². The van der Waals surface area contributed by atoms with E-state index in [9.17, 15) is 4.79 Å². The molecule has 1 aromatic rings. The van der Waals surface area contributed by atoms with Crippen molar-refractivity contribution in [3.63, 3.8) is 0 Å². The average molecular weight is 242 g/mol. The Hall–Kier alpha value is -1.10. The molecule has 0 spiro atoms. The molecule has 2 N–H and O–H groups in total. The van der Waals surface area contributed by atoms with E-state index in [0.29, 0.717) is 11.6 Å². The van der Waals surface area contributed by atoms with E-state index >= 15 is 0 Å². The Morgan fingerprint density at radius 3 is 2.81 bits per heavy atom. The molecule has 0 aliphatic carbocycles. The van der Waals surface area contributed by atoms with Gasteiger partial charge in [0.15, 0.2) is 5.13 Å². The highest BCUT2D eigenvalue weighted by atomic mass is 32.1. The number of nitrogens with one attached hydrogen (secondary N) is 1. The third kappa shape index (κ3) is 4.18. The van der Waals surface area contributed by atoms with Gasteiger partial charge in [0, 0.05) is 11.9 Å². The standard InChI is InChI=1S/C11H18N2O2S/c1-3-8(4-2)6-12-11-13-9(7-16-11)5-10(14)15/h7-8H,3-6H2,1-2H3,(H,12,13)(H,14,15). The first kappa shape index (κ1) is 13.0. The maximum Gasteiger partial charge on any atom is 0.309 e. The molecule has 1 rings (SSSR count). The van der Waals surface area contributed by atoms with Gasteiger partial charge >= 0.3 is 5.97 Å². The zero-order valence-corrected chi connectivity index (χ0v) is 10.5. The number of carboxylic acid groups (broad SMARTS) is 1. The van der Waals surface area contributed by atoms with Crippen LogP contribution >= 0.6 is 11.3 Å². The Balaban J connectivity index is 2.42. The number of hydrogen-bond donors (Lipinski definition) is 2. The smallest absolute Gasteiger partial charge is 0.309 e. The fourth-order valence-corrected chi connectivity index (χ4v) is 2.15. The number of hydrogen-bond acceptors (Lipinski definition) is 4. The molecule has 1 heterocycles. The molecule has 5 heteroatoms. The van der Waals surface area contributed by atoms with E-state index in [1.54, 1.807) is 5.38 Å². The van der Waals surface area contributed by atoms with Crippen LogP contribution in [-0.4, -0.2) is 22.6 Å². The summed E-state index contributed by atoms with van der Waals surface area (Å²) in [5.74, 6) is -0.177. The van der Waals surface area contributed by atoms with Crippen molar-refractivity contribution in [3.8, 4) is 0 Å². The molecule has 4 nitrogen and oxygen atoms in total. The Bertz CT molecular complexity index is 334. The lowest BCUT2D eigenvalue weighted by atomic mass is 10.0. The second kappa shape index (κ2) is 6.48. The molecule has 0 unspecified atom stereocenters. The van der Waals surface area contributed by atoms with Crippen LogP contribution in [0.4, 0.5) is 5.13 Å². The van der Waals surface area contributed by atoms with Gasteiger partial charge in [0.1, 0.15) is 0 Å². The number of carbonyl (C=O) groups is 1. The van der Waals surface area contributed by atoms with Crippen LogP contribution in [0.5, 0.6) is 0 Å². The fourth-order valence-electron chi connectivity index (χ4n) is 1.43. The molecule has 16 heavy (non-hydrogen) atoms. The Morgan fingerprint density at radius 1 is 1.56 bits per heavy atom. The Kier molecular flexibility index (Phi) is 5.25. The lowest BCUT2D eigenvalue weighted by molar-refractivity contribution is -0.136. The summed E-state index contributed by atoms with van der Waals surface area (Å²) in [5, 5.41) is 14.5. The maximum absolute atomic E-state index is 10.5. The number of carboxylic acids is 1. The van der Waals surface area contributed by atoms with E-state index in [4.69, 9.17) is 5.11 Å². The fraction of sp³-hybridized carbons (Fsp3) is 0.636. The van der Waals surface area contributed by atoms with Gasteiger partial charge in [-0.1, -0.05) is 26.7 Å². The number of nitrogens with zero attached hydrogens (tertiary/aromatic N) is 1. The van der Waals surface area contributed by atoms with Crippen LogP contribution in [0.15, 0.2) is 5.38 Å². The van der Waals surface area contributed by atoms with Gasteiger partial charge in [0.25, 0.3) is 0 Å². The highest BCUT2D eigenvalue weighted by molar-refractivity contribution is 7.13. The molecular formula is C11H18N2O2S. The molecule has 0 aliphatic rings. The van der Waals surface area contributed by atoms with Crippen LogP contribution in [0.3, 0.4) is 0 Å². The third-order valence-electron chi connectivity index (χ3n) is 2.58. The van der Waals surface area contributed by atoms with Crippen molar-refractivity contribution in [3.05, 3.63) is 11.1 Å². The molecule has 0 saturated carbocycles. The normalized spacial score (nSPS) is 10.7. The first-order valence-electron chi connectivity index (χ1n) is 5.55. The van der Waals surface area contributed by atoms with Gasteiger partial charge < -0.3 is 10.4 Å². The summed E-state index contributed by atoms with van der Waals surface area (Å²) < 4.78 is 0. The highest BCUT2D eigenvalue weighted by Gasteiger charge is 2.07. The SMILES string of the molecule is CCC(CC)CNc1nc(CC(=O)O)cs1. The van der Waals surface area contributed by atoms with Crippen LogP contribution in [0.25, 0.3) is 0 Å². The van der Waals surface area contributed by atoms with E-state index in [0.717, 1.165) is 24.5 Å². The molecule has 0 atom stereocenters. The topological polar surface area (TPSA) is 62.2 Å². The molecule has 0 aromatic carbocycles. The van der Waals surface area contributed by atoms with Gasteiger partial charge in [-0.15, -0.1) is 11.3 Å². The van der Waals surface area contributed by atoms with Crippen molar-refractivity contribution >= 4 is 22.4 Å². The van der Waals surface area contributed by atoms with Crippen molar-refractivity contribution in [2.75, 3.05) is 11.9 Å². The maximum atomic E-state index is 10.5. The molecule has 0 bridgehead atoms. The zero-order chi connectivity index (χ0) is 12.0. The molecule has 0 radical (unpaired) electrons. The van der Waals surface area contributed by atoms with E-state index in [2.05, 4.69) is 24.1 Å². The summed E-state index contributed by atoms with van der Waals surface area (Å²) in [6.07, 6.45) is 2.30. The van der Waals surface area contributed by atoms with Gasteiger partial charge in [-0.3, -0.25) is 4.79 Å². The van der Waals surface area contributed by atoms with Gasteiger partial charge in [0.2, 0.25) is 0 Å². The quantitative estimate of drug-likeness (QED) is 0.771. The summed E-state index contributed by atoms with van der Waals surface area (Å²) in [5.41, 5.74) is 0.629. The summed E-state index contributed by atoms with van der Waals surface area (Å²) in [6, 6.07) is 0. The van der Waals surface area contributed by atoms with Crippen LogP contribution in [0.2, 0.25) is 0 Å². The monoisotopic (exact) mass is 242 g/mol. The molecule has 0 saturated heterocycles. The summed E-state index contributed by atoms with van der Waals surface area (Å²) in [6.45, 7) is 5.26. The molecule has 0 fully saturated rings. The number of thiazole rings is 1. The highest BCUT2D eigenvalue weighted by Crippen LogP contribution is 2.17. The van der Waals surface area contributed by atoms with Crippen molar-refractivity contribution in [2.24, 2.45) is 5.92 Å². The molecular weight excluding hydrogens is 224 g/mol. The average Bonchev–Trinajstić information content (AvgIpc) is 2.66. The molecule has 90 valence electrons. The minimum absolute atomic E-state index is 0.00314. The molecule has 0 amide bonds. The van der Waals surface area contributed by atoms with Gasteiger partial charge in [-0.2, -0.15) is 0 Å². The van der Waals surface area contributed by atoms with Crippen LogP contribution in [0.1, 0.15) is 32.4 Å². The number of aromatic nitrogens is 1. The van der Waals surface area contributed by atoms with Crippen molar-refractivity contribution in [1.29, 1.82) is 0 Å². The lowest BCUT2D eigenvalue weighted by Gasteiger charge is -2.11. The second-order valence-corrected chi connectivity index (χ2v) is 4.64. The minimum Gasteiger partial charge on any atom is -0.481 e. The van der Waals surface area contributed by atoms with Gasteiger partial charge in [-0.25, -0.2) is 4.98 Å². The number of aliphatic carboxylic acids is 1. The molecule has 1 aromatic heterocycles. The van der Waals surface area contributed by atoms with Crippen molar-refractivity contribution < 1.29 is 9.90 Å². The number of rotatable bonds is 7. The van der Waals surface area contributed by atoms with Crippen LogP contribution in [-0.2, 0) is 11.2 Å². The van der Waals surface area contributed by atoms with E-state index in [-0.39, 0.29) is 6.42 Å². The van der Waals surface area contributed by atoms with E-state index < -0.39 is 5.97 Å². The predicted molar refractivity (Wildman–Crippen MR) is 66.0 cm³/mol. The van der Waals surface area contributed by atoms with Crippen molar-refractivity contribution in [1.82, 2.24) is 4.98 Å². The van der Waals surface area contributed by atoms with Crippen molar-refractivity contribution in [2.45, 2.75) is 33.1 Å².